The summed E-state index contributed by atoms with van der Waals surface area (Å²) in [7, 11) is 3.11. The summed E-state index contributed by atoms with van der Waals surface area (Å²) in [5, 5.41) is 8.88. The summed E-state index contributed by atoms with van der Waals surface area (Å²) in [6.07, 6.45) is 1.49. The van der Waals surface area contributed by atoms with Crippen LogP contribution >= 0.6 is 0 Å². The number of rotatable bonds is 3. The van der Waals surface area contributed by atoms with Gasteiger partial charge in [0.1, 0.15) is 0 Å². The molecule has 0 atom stereocenters. The van der Waals surface area contributed by atoms with E-state index in [1.165, 1.54) is 0 Å². The number of ether oxygens (including phenoxy) is 2. The Kier molecular flexibility index (Phi) is 4.46. The van der Waals surface area contributed by atoms with Gasteiger partial charge in [-0.05, 0) is 31.0 Å². The standard InChI is InChI=1S/C15H18N2O3/c1-19-13-4-3-12(9-14(13)20-2)15(18)17-7-5-11(10-16)6-8-17/h3-4,9,11H,5-8H2,1-2H3. The molecule has 1 heterocycles. The molecule has 1 fully saturated rings. The van der Waals surface area contributed by atoms with Crippen LogP contribution in [0.5, 0.6) is 11.5 Å². The Morgan fingerprint density at radius 1 is 1.25 bits per heavy atom. The minimum Gasteiger partial charge on any atom is -0.493 e. The molecule has 1 saturated heterocycles. The van der Waals surface area contributed by atoms with E-state index in [0.29, 0.717) is 30.2 Å². The first-order valence-corrected chi connectivity index (χ1v) is 6.60. The molecule has 0 radical (unpaired) electrons. The maximum atomic E-state index is 12.4. The van der Waals surface area contributed by atoms with Gasteiger partial charge in [0.15, 0.2) is 11.5 Å². The van der Waals surface area contributed by atoms with Gasteiger partial charge < -0.3 is 14.4 Å². The highest BCUT2D eigenvalue weighted by Crippen LogP contribution is 2.28. The highest BCUT2D eigenvalue weighted by Gasteiger charge is 2.24. The molecule has 1 aromatic rings. The Hall–Kier alpha value is -2.22. The summed E-state index contributed by atoms with van der Waals surface area (Å²) in [6.45, 7) is 1.26. The number of likely N-dealkylation sites (tertiary alicyclic amines) is 1. The molecule has 1 amide bonds. The van der Waals surface area contributed by atoms with Gasteiger partial charge in [-0.15, -0.1) is 0 Å². The maximum Gasteiger partial charge on any atom is 0.253 e. The zero-order valence-electron chi connectivity index (χ0n) is 11.8. The molecule has 1 aromatic carbocycles. The fraction of sp³-hybridized carbons (Fsp3) is 0.467. The van der Waals surface area contributed by atoms with Crippen molar-refractivity contribution >= 4 is 5.91 Å². The number of piperidine rings is 1. The maximum absolute atomic E-state index is 12.4. The third-order valence-corrected chi connectivity index (χ3v) is 3.60. The second-order valence-electron chi connectivity index (χ2n) is 4.77. The lowest BCUT2D eigenvalue weighted by molar-refractivity contribution is 0.0707. The molecule has 5 heteroatoms. The van der Waals surface area contributed by atoms with Gasteiger partial charge >= 0.3 is 0 Å². The lowest BCUT2D eigenvalue weighted by Gasteiger charge is -2.29. The fourth-order valence-electron chi connectivity index (χ4n) is 2.36. The Morgan fingerprint density at radius 2 is 1.90 bits per heavy atom. The summed E-state index contributed by atoms with van der Waals surface area (Å²) < 4.78 is 10.4. The van der Waals surface area contributed by atoms with Gasteiger partial charge in [0.25, 0.3) is 5.91 Å². The van der Waals surface area contributed by atoms with Crippen LogP contribution in [-0.2, 0) is 0 Å². The third-order valence-electron chi connectivity index (χ3n) is 3.60. The molecule has 5 nitrogen and oxygen atoms in total. The highest BCUT2D eigenvalue weighted by molar-refractivity contribution is 5.95. The summed E-state index contributed by atoms with van der Waals surface area (Å²) >= 11 is 0. The molecular formula is C15H18N2O3. The van der Waals surface area contributed by atoms with E-state index < -0.39 is 0 Å². The predicted molar refractivity (Wildman–Crippen MR) is 73.8 cm³/mol. The van der Waals surface area contributed by atoms with Crippen molar-refractivity contribution < 1.29 is 14.3 Å². The van der Waals surface area contributed by atoms with Crippen molar-refractivity contribution in [2.24, 2.45) is 5.92 Å². The van der Waals surface area contributed by atoms with Gasteiger partial charge in [0, 0.05) is 24.6 Å². The van der Waals surface area contributed by atoms with E-state index >= 15 is 0 Å². The second-order valence-corrected chi connectivity index (χ2v) is 4.77. The number of nitrogens with zero attached hydrogens (tertiary/aromatic N) is 2. The Morgan fingerprint density at radius 3 is 2.45 bits per heavy atom. The smallest absolute Gasteiger partial charge is 0.253 e. The molecule has 2 rings (SSSR count). The van der Waals surface area contributed by atoms with Crippen LogP contribution in [0.1, 0.15) is 23.2 Å². The SMILES string of the molecule is COc1ccc(C(=O)N2CCC(C#N)CC2)cc1OC. The zero-order chi connectivity index (χ0) is 14.5. The third kappa shape index (κ3) is 2.85. The zero-order valence-corrected chi connectivity index (χ0v) is 11.8. The molecule has 0 bridgehead atoms. The van der Waals surface area contributed by atoms with Gasteiger partial charge in [-0.1, -0.05) is 0 Å². The van der Waals surface area contributed by atoms with Crippen LogP contribution in [0.4, 0.5) is 0 Å². The monoisotopic (exact) mass is 274 g/mol. The van der Waals surface area contributed by atoms with Gasteiger partial charge in [0.05, 0.1) is 20.3 Å². The van der Waals surface area contributed by atoms with E-state index in [1.807, 2.05) is 0 Å². The number of hydrogen-bond acceptors (Lipinski definition) is 4. The quantitative estimate of drug-likeness (QED) is 0.846. The van der Waals surface area contributed by atoms with Crippen LogP contribution in [0.25, 0.3) is 0 Å². The summed E-state index contributed by atoms with van der Waals surface area (Å²) in [5.74, 6) is 1.20. The largest absolute Gasteiger partial charge is 0.493 e. The van der Waals surface area contributed by atoms with Crippen LogP contribution < -0.4 is 9.47 Å². The topological polar surface area (TPSA) is 62.6 Å². The predicted octanol–water partition coefficient (Wildman–Crippen LogP) is 2.08. The van der Waals surface area contributed by atoms with Gasteiger partial charge in [-0.25, -0.2) is 0 Å². The Balaban J connectivity index is 2.12. The van der Waals surface area contributed by atoms with Gasteiger partial charge in [0.2, 0.25) is 0 Å². The molecule has 0 spiro atoms. The second kappa shape index (κ2) is 6.29. The van der Waals surface area contributed by atoms with Gasteiger partial charge in [-0.2, -0.15) is 5.26 Å². The minimum absolute atomic E-state index is 0.0256. The highest BCUT2D eigenvalue weighted by atomic mass is 16.5. The van der Waals surface area contributed by atoms with E-state index in [1.54, 1.807) is 37.3 Å². The summed E-state index contributed by atoms with van der Waals surface area (Å²) in [6, 6.07) is 7.42. The van der Waals surface area contributed by atoms with Crippen LogP contribution in [0.15, 0.2) is 18.2 Å². The number of benzene rings is 1. The molecule has 1 aliphatic rings. The van der Waals surface area contributed by atoms with Crippen LogP contribution in [0, 0.1) is 17.2 Å². The molecule has 106 valence electrons. The molecule has 0 saturated carbocycles. The van der Waals surface area contributed by atoms with Crippen molar-refractivity contribution in [3.63, 3.8) is 0 Å². The Bertz CT molecular complexity index is 528. The average Bonchev–Trinajstić information content (AvgIpc) is 2.53. The van der Waals surface area contributed by atoms with Crippen molar-refractivity contribution in [2.75, 3.05) is 27.3 Å². The van der Waals surface area contributed by atoms with Crippen molar-refractivity contribution in [1.82, 2.24) is 4.90 Å². The lowest BCUT2D eigenvalue weighted by atomic mass is 9.98. The van der Waals surface area contributed by atoms with E-state index in [9.17, 15) is 4.79 Å². The summed E-state index contributed by atoms with van der Waals surface area (Å²) in [4.78, 5) is 14.2. The lowest BCUT2D eigenvalue weighted by Crippen LogP contribution is -2.38. The summed E-state index contributed by atoms with van der Waals surface area (Å²) in [5.41, 5.74) is 0.582. The van der Waals surface area contributed by atoms with Crippen LogP contribution in [0.3, 0.4) is 0 Å². The molecule has 0 aliphatic carbocycles. The molecule has 1 aliphatic heterocycles. The normalized spacial score (nSPS) is 15.6. The first-order valence-electron chi connectivity index (χ1n) is 6.60. The number of hydrogen-bond donors (Lipinski definition) is 0. The number of carbonyl (C=O) groups excluding carboxylic acids is 1. The van der Waals surface area contributed by atoms with Crippen molar-refractivity contribution in [3.8, 4) is 17.6 Å². The fourth-order valence-corrected chi connectivity index (χ4v) is 2.36. The molecule has 0 aromatic heterocycles. The van der Waals surface area contributed by atoms with E-state index in [4.69, 9.17) is 14.7 Å². The van der Waals surface area contributed by atoms with Crippen LogP contribution in [-0.4, -0.2) is 38.1 Å². The van der Waals surface area contributed by atoms with E-state index in [0.717, 1.165) is 12.8 Å². The Labute approximate surface area is 118 Å². The molecular weight excluding hydrogens is 256 g/mol. The van der Waals surface area contributed by atoms with Crippen molar-refractivity contribution in [2.45, 2.75) is 12.8 Å². The number of nitriles is 1. The average molecular weight is 274 g/mol. The number of amides is 1. The molecule has 0 unspecified atom stereocenters. The number of methoxy groups -OCH3 is 2. The molecule has 20 heavy (non-hydrogen) atoms. The van der Waals surface area contributed by atoms with Gasteiger partial charge in [-0.3, -0.25) is 4.79 Å². The van der Waals surface area contributed by atoms with Crippen LogP contribution in [0.2, 0.25) is 0 Å². The van der Waals surface area contributed by atoms with E-state index in [-0.39, 0.29) is 11.8 Å². The van der Waals surface area contributed by atoms with E-state index in [2.05, 4.69) is 6.07 Å². The minimum atomic E-state index is -0.0256. The first-order chi connectivity index (χ1) is 9.69. The molecule has 0 N–H and O–H groups in total. The van der Waals surface area contributed by atoms with Crippen molar-refractivity contribution in [3.05, 3.63) is 23.8 Å². The van der Waals surface area contributed by atoms with Crippen molar-refractivity contribution in [1.29, 1.82) is 5.26 Å². The first kappa shape index (κ1) is 14.2. The number of carbonyl (C=O) groups is 1.